The molecule has 0 unspecified atom stereocenters. The topological polar surface area (TPSA) is 18.5 Å². The summed E-state index contributed by atoms with van der Waals surface area (Å²) in [7, 11) is 0. The lowest BCUT2D eigenvalue weighted by Crippen LogP contribution is -2.36. The molecule has 0 fully saturated rings. The van der Waals surface area contributed by atoms with E-state index in [2.05, 4.69) is 0 Å². The third-order valence-electron chi connectivity index (χ3n) is 5.40. The number of ether oxygens (including phenoxy) is 2. The van der Waals surface area contributed by atoms with E-state index in [1.807, 2.05) is 27.7 Å². The molecule has 10 heteroatoms. The van der Waals surface area contributed by atoms with Crippen molar-refractivity contribution in [2.24, 2.45) is 0 Å². The predicted molar refractivity (Wildman–Crippen MR) is 94.6 cm³/mol. The van der Waals surface area contributed by atoms with Gasteiger partial charge in [-0.3, -0.25) is 0 Å². The summed E-state index contributed by atoms with van der Waals surface area (Å²) < 4.78 is 113. The van der Waals surface area contributed by atoms with Gasteiger partial charge in [-0.15, -0.1) is 0 Å². The number of rotatable bonds is 8. The molecule has 0 aromatic heterocycles. The molecule has 0 radical (unpaired) electrons. The zero-order valence-electron chi connectivity index (χ0n) is 17.0. The van der Waals surface area contributed by atoms with Crippen LogP contribution in [-0.4, -0.2) is 37.9 Å². The van der Waals surface area contributed by atoms with Crippen molar-refractivity contribution in [2.75, 3.05) is 13.2 Å². The molecule has 172 valence electrons. The zero-order valence-corrected chi connectivity index (χ0v) is 17.0. The monoisotopic (exact) mass is 448 g/mol. The maximum atomic E-state index is 13.3. The van der Waals surface area contributed by atoms with Crippen molar-refractivity contribution in [3.05, 3.63) is 23.3 Å². The summed E-state index contributed by atoms with van der Waals surface area (Å²) >= 11 is 0. The molecule has 0 saturated heterocycles. The number of halogens is 8. The van der Waals surface area contributed by atoms with E-state index in [1.54, 1.807) is 0 Å². The van der Waals surface area contributed by atoms with Gasteiger partial charge < -0.3 is 9.47 Å². The van der Waals surface area contributed by atoms with E-state index in [-0.39, 0.29) is 0 Å². The van der Waals surface area contributed by atoms with E-state index >= 15 is 0 Å². The Balaban J connectivity index is 2.49. The Kier molecular flexibility index (Phi) is 6.60. The quantitative estimate of drug-likeness (QED) is 0.418. The first-order valence-corrected chi connectivity index (χ1v) is 9.26. The minimum atomic E-state index is -4.49. The Labute approximate surface area is 169 Å². The van der Waals surface area contributed by atoms with Crippen LogP contribution in [0.1, 0.15) is 51.7 Å². The average molecular weight is 448 g/mol. The molecule has 1 aromatic rings. The minimum Gasteiger partial charge on any atom is -0.483 e. The first-order chi connectivity index (χ1) is 13.5. The molecule has 1 aliphatic rings. The molecule has 0 N–H and O–H groups in total. The van der Waals surface area contributed by atoms with Crippen molar-refractivity contribution in [3.8, 4) is 11.5 Å². The van der Waals surface area contributed by atoms with Gasteiger partial charge >= 0.3 is 24.7 Å². The normalized spacial score (nSPS) is 18.5. The van der Waals surface area contributed by atoms with Crippen LogP contribution in [0.15, 0.2) is 12.1 Å². The second-order valence-corrected chi connectivity index (χ2v) is 8.81. The lowest BCUT2D eigenvalue weighted by Gasteiger charge is -2.42. The van der Waals surface area contributed by atoms with Crippen LogP contribution in [0.4, 0.5) is 35.1 Å². The molecular formula is C20H24F8O2. The summed E-state index contributed by atoms with van der Waals surface area (Å²) in [5.74, 6) is -9.95. The standard InChI is InChI=1S/C20H24F8O2/c1-17(2)5-6-18(3,4)12-8-14(30-10-20(27,28)16(23)24)13(7-11(12)17)29-9-19(25,26)15(21)22/h7-8,15-16H,5-6,9-10H2,1-4H3. The molecular weight excluding hydrogens is 424 g/mol. The number of fused-ring (bicyclic) bond motifs is 1. The Morgan fingerprint density at radius 1 is 0.733 bits per heavy atom. The molecule has 30 heavy (non-hydrogen) atoms. The predicted octanol–water partition coefficient (Wildman–Crippen LogP) is 6.59. The number of benzene rings is 1. The van der Waals surface area contributed by atoms with Crippen LogP contribution in [0, 0.1) is 0 Å². The molecule has 1 aromatic carbocycles. The van der Waals surface area contributed by atoms with Gasteiger partial charge in [0.2, 0.25) is 0 Å². The molecule has 0 bridgehead atoms. The molecule has 2 nitrogen and oxygen atoms in total. The molecule has 1 aliphatic carbocycles. The van der Waals surface area contributed by atoms with Gasteiger partial charge in [0.25, 0.3) is 0 Å². The summed E-state index contributed by atoms with van der Waals surface area (Å²) in [6.07, 6.45) is -6.58. The van der Waals surface area contributed by atoms with Crippen molar-refractivity contribution in [3.63, 3.8) is 0 Å². The first-order valence-electron chi connectivity index (χ1n) is 9.26. The van der Waals surface area contributed by atoms with Gasteiger partial charge in [0.05, 0.1) is 0 Å². The van der Waals surface area contributed by atoms with E-state index in [1.165, 1.54) is 12.1 Å². The molecule has 0 saturated carbocycles. The van der Waals surface area contributed by atoms with E-state index in [9.17, 15) is 35.1 Å². The first kappa shape index (κ1) is 24.5. The smallest absolute Gasteiger partial charge is 0.340 e. The van der Waals surface area contributed by atoms with Crippen LogP contribution < -0.4 is 9.47 Å². The Morgan fingerprint density at radius 3 is 1.30 bits per heavy atom. The maximum absolute atomic E-state index is 13.3. The van der Waals surface area contributed by atoms with Crippen molar-refractivity contribution in [1.29, 1.82) is 0 Å². The highest BCUT2D eigenvalue weighted by molar-refractivity contribution is 5.53. The van der Waals surface area contributed by atoms with Crippen molar-refractivity contribution >= 4 is 0 Å². The fourth-order valence-corrected chi connectivity index (χ4v) is 3.27. The second-order valence-electron chi connectivity index (χ2n) is 8.81. The van der Waals surface area contributed by atoms with E-state index < -0.39 is 60.2 Å². The van der Waals surface area contributed by atoms with Crippen molar-refractivity contribution < 1.29 is 44.6 Å². The average Bonchev–Trinajstić information content (AvgIpc) is 2.62. The second kappa shape index (κ2) is 8.07. The van der Waals surface area contributed by atoms with Gasteiger partial charge in [-0.05, 0) is 46.9 Å². The van der Waals surface area contributed by atoms with E-state index in [0.717, 1.165) is 0 Å². The Morgan fingerprint density at radius 2 is 1.03 bits per heavy atom. The minimum absolute atomic E-state index is 0.445. The molecule has 0 atom stereocenters. The molecule has 0 amide bonds. The molecule has 0 heterocycles. The summed E-state index contributed by atoms with van der Waals surface area (Å²) in [5.41, 5.74) is 0.420. The van der Waals surface area contributed by atoms with E-state index in [0.29, 0.717) is 24.0 Å². The largest absolute Gasteiger partial charge is 0.483 e. The van der Waals surface area contributed by atoms with Crippen LogP contribution >= 0.6 is 0 Å². The van der Waals surface area contributed by atoms with Gasteiger partial charge in [0.1, 0.15) is 0 Å². The third-order valence-corrected chi connectivity index (χ3v) is 5.40. The van der Waals surface area contributed by atoms with Gasteiger partial charge in [-0.25, -0.2) is 17.6 Å². The van der Waals surface area contributed by atoms with Crippen molar-refractivity contribution in [2.45, 2.75) is 76.1 Å². The lowest BCUT2D eigenvalue weighted by molar-refractivity contribution is -0.151. The maximum Gasteiger partial charge on any atom is 0.340 e. The van der Waals surface area contributed by atoms with Gasteiger partial charge in [0, 0.05) is 0 Å². The van der Waals surface area contributed by atoms with Crippen LogP contribution in [0.2, 0.25) is 0 Å². The lowest BCUT2D eigenvalue weighted by atomic mass is 9.63. The fourth-order valence-electron chi connectivity index (χ4n) is 3.27. The van der Waals surface area contributed by atoms with Gasteiger partial charge in [0.15, 0.2) is 24.7 Å². The Hall–Kier alpha value is -1.74. The van der Waals surface area contributed by atoms with Crippen LogP contribution in [0.3, 0.4) is 0 Å². The highest BCUT2D eigenvalue weighted by atomic mass is 19.3. The van der Waals surface area contributed by atoms with Gasteiger partial charge in [-0.1, -0.05) is 27.7 Å². The summed E-state index contributed by atoms with van der Waals surface area (Å²) in [6, 6.07) is 2.57. The fraction of sp³-hybridized carbons (Fsp3) is 0.700. The molecule has 0 aliphatic heterocycles. The summed E-state index contributed by atoms with van der Waals surface area (Å²) in [4.78, 5) is 0. The molecule has 0 spiro atoms. The van der Waals surface area contributed by atoms with Crippen LogP contribution in [-0.2, 0) is 10.8 Å². The Bertz CT molecular complexity index is 696. The number of hydrogen-bond acceptors (Lipinski definition) is 2. The number of hydrogen-bond donors (Lipinski definition) is 0. The SMILES string of the molecule is CC1(C)CCC(C)(C)c2cc(OCC(F)(F)C(F)F)c(OCC(F)(F)C(F)F)cc21. The number of alkyl halides is 8. The van der Waals surface area contributed by atoms with Crippen LogP contribution in [0.5, 0.6) is 11.5 Å². The highest BCUT2D eigenvalue weighted by Gasteiger charge is 2.44. The molecule has 2 rings (SSSR count). The third kappa shape index (κ3) is 5.11. The summed E-state index contributed by atoms with van der Waals surface area (Å²) in [5, 5.41) is 0. The van der Waals surface area contributed by atoms with Gasteiger partial charge in [-0.2, -0.15) is 17.6 Å². The van der Waals surface area contributed by atoms with Crippen molar-refractivity contribution in [1.82, 2.24) is 0 Å². The van der Waals surface area contributed by atoms with Crippen LogP contribution in [0.25, 0.3) is 0 Å². The zero-order chi connectivity index (χ0) is 23.1. The highest BCUT2D eigenvalue weighted by Crippen LogP contribution is 2.49. The van der Waals surface area contributed by atoms with E-state index in [4.69, 9.17) is 9.47 Å². The summed E-state index contributed by atoms with van der Waals surface area (Å²) in [6.45, 7) is 4.06.